The summed E-state index contributed by atoms with van der Waals surface area (Å²) in [7, 11) is 0. The quantitative estimate of drug-likeness (QED) is 0.915. The van der Waals surface area contributed by atoms with Crippen molar-refractivity contribution in [2.75, 3.05) is 32.8 Å². The molecule has 0 aromatic heterocycles. The highest BCUT2D eigenvalue weighted by Gasteiger charge is 2.36. The normalized spacial score (nSPS) is 19.6. The zero-order chi connectivity index (χ0) is 17.0. The van der Waals surface area contributed by atoms with E-state index in [4.69, 9.17) is 4.74 Å². The van der Waals surface area contributed by atoms with Crippen LogP contribution < -0.4 is 0 Å². The van der Waals surface area contributed by atoms with Gasteiger partial charge in [-0.2, -0.15) is 0 Å². The number of hydrogen-bond acceptors (Lipinski definition) is 3. The van der Waals surface area contributed by atoms with Gasteiger partial charge in [-0.3, -0.25) is 4.90 Å². The molecule has 3 rings (SSSR count). The molecular formula is C20H24FNO2. The van der Waals surface area contributed by atoms with Gasteiger partial charge >= 0.3 is 0 Å². The van der Waals surface area contributed by atoms with E-state index in [9.17, 15) is 9.50 Å². The average molecular weight is 329 g/mol. The van der Waals surface area contributed by atoms with Crippen LogP contribution in [-0.2, 0) is 10.3 Å². The van der Waals surface area contributed by atoms with Crippen molar-refractivity contribution >= 4 is 0 Å². The fraction of sp³-hybridized carbons (Fsp3) is 0.400. The molecule has 0 spiro atoms. The molecule has 2 atom stereocenters. The molecule has 2 aromatic rings. The van der Waals surface area contributed by atoms with Crippen molar-refractivity contribution in [3.63, 3.8) is 0 Å². The molecule has 1 aliphatic heterocycles. The zero-order valence-corrected chi connectivity index (χ0v) is 14.0. The molecule has 3 nitrogen and oxygen atoms in total. The maximum absolute atomic E-state index is 13.3. The van der Waals surface area contributed by atoms with Crippen molar-refractivity contribution in [2.45, 2.75) is 18.4 Å². The van der Waals surface area contributed by atoms with Crippen LogP contribution in [0.4, 0.5) is 4.39 Å². The fourth-order valence-corrected chi connectivity index (χ4v) is 3.32. The van der Waals surface area contributed by atoms with Gasteiger partial charge in [0.25, 0.3) is 0 Å². The van der Waals surface area contributed by atoms with Gasteiger partial charge in [0.1, 0.15) is 5.82 Å². The molecule has 1 N–H and O–H groups in total. The summed E-state index contributed by atoms with van der Waals surface area (Å²) >= 11 is 0. The minimum atomic E-state index is -1.09. The van der Waals surface area contributed by atoms with E-state index in [2.05, 4.69) is 4.90 Å². The monoisotopic (exact) mass is 329 g/mol. The molecule has 0 saturated carbocycles. The molecule has 128 valence electrons. The van der Waals surface area contributed by atoms with E-state index in [1.807, 2.05) is 37.3 Å². The second-order valence-electron chi connectivity index (χ2n) is 6.53. The van der Waals surface area contributed by atoms with Gasteiger partial charge in [0.05, 0.1) is 18.8 Å². The van der Waals surface area contributed by atoms with Crippen molar-refractivity contribution in [3.05, 3.63) is 71.5 Å². The van der Waals surface area contributed by atoms with Crippen molar-refractivity contribution < 1.29 is 14.2 Å². The Bertz CT molecular complexity index is 636. The van der Waals surface area contributed by atoms with Crippen LogP contribution in [0.5, 0.6) is 0 Å². The highest BCUT2D eigenvalue weighted by atomic mass is 19.1. The predicted octanol–water partition coefficient (Wildman–Crippen LogP) is 3.15. The topological polar surface area (TPSA) is 32.7 Å². The Morgan fingerprint density at radius 3 is 2.33 bits per heavy atom. The van der Waals surface area contributed by atoms with E-state index in [1.54, 1.807) is 12.1 Å². The second kappa shape index (κ2) is 7.43. The third-order valence-electron chi connectivity index (χ3n) is 4.85. The van der Waals surface area contributed by atoms with Crippen LogP contribution in [0.1, 0.15) is 24.0 Å². The Morgan fingerprint density at radius 1 is 1.08 bits per heavy atom. The lowest BCUT2D eigenvalue weighted by molar-refractivity contribution is -0.0107. The molecule has 24 heavy (non-hydrogen) atoms. The molecule has 0 amide bonds. The van der Waals surface area contributed by atoms with E-state index < -0.39 is 5.60 Å². The van der Waals surface area contributed by atoms with Crippen LogP contribution in [0.3, 0.4) is 0 Å². The van der Waals surface area contributed by atoms with Gasteiger partial charge in [-0.1, -0.05) is 42.5 Å². The summed E-state index contributed by atoms with van der Waals surface area (Å²) in [6.45, 7) is 5.72. The zero-order valence-electron chi connectivity index (χ0n) is 14.0. The van der Waals surface area contributed by atoms with Gasteiger partial charge in [-0.05, 0) is 30.2 Å². The molecule has 0 unspecified atom stereocenters. The molecule has 0 aliphatic carbocycles. The summed E-state index contributed by atoms with van der Waals surface area (Å²) in [5, 5.41) is 11.3. The van der Waals surface area contributed by atoms with Crippen LogP contribution >= 0.6 is 0 Å². The number of morpholine rings is 1. The Morgan fingerprint density at radius 2 is 1.71 bits per heavy atom. The average Bonchev–Trinajstić information content (AvgIpc) is 2.61. The Hall–Kier alpha value is -1.75. The van der Waals surface area contributed by atoms with Crippen LogP contribution in [-0.4, -0.2) is 42.9 Å². The SMILES string of the molecule is C[C@](O)(c1ccc(F)cc1)[C@H](CN1CCOCC1)c1ccccc1. The Balaban J connectivity index is 1.91. The number of hydrogen-bond donors (Lipinski definition) is 1. The van der Waals surface area contributed by atoms with Gasteiger partial charge in [-0.15, -0.1) is 0 Å². The Labute approximate surface area is 142 Å². The van der Waals surface area contributed by atoms with Gasteiger partial charge in [0.15, 0.2) is 0 Å². The molecule has 0 radical (unpaired) electrons. The highest BCUT2D eigenvalue weighted by Crippen LogP contribution is 2.37. The lowest BCUT2D eigenvalue weighted by atomic mass is 9.78. The molecule has 1 aliphatic rings. The van der Waals surface area contributed by atoms with E-state index in [0.717, 1.165) is 44.0 Å². The first-order valence-corrected chi connectivity index (χ1v) is 8.41. The van der Waals surface area contributed by atoms with Gasteiger partial charge in [0.2, 0.25) is 0 Å². The third-order valence-corrected chi connectivity index (χ3v) is 4.85. The van der Waals surface area contributed by atoms with Crippen LogP contribution in [0, 0.1) is 5.82 Å². The summed E-state index contributed by atoms with van der Waals surface area (Å²) in [6, 6.07) is 16.2. The van der Waals surface area contributed by atoms with Gasteiger partial charge in [-0.25, -0.2) is 4.39 Å². The largest absolute Gasteiger partial charge is 0.385 e. The minimum Gasteiger partial charge on any atom is -0.385 e. The van der Waals surface area contributed by atoms with Gasteiger partial charge < -0.3 is 9.84 Å². The van der Waals surface area contributed by atoms with E-state index in [-0.39, 0.29) is 11.7 Å². The number of rotatable bonds is 5. The standard InChI is InChI=1S/C20H24FNO2/c1-20(23,17-7-9-18(21)10-8-17)19(16-5-3-2-4-6-16)15-22-11-13-24-14-12-22/h2-10,19,23H,11-15H2,1H3/t19-,20+/m1/s1. The molecule has 2 aromatic carbocycles. The van der Waals surface area contributed by atoms with Crippen LogP contribution in [0.2, 0.25) is 0 Å². The van der Waals surface area contributed by atoms with E-state index in [0.29, 0.717) is 0 Å². The number of aliphatic hydroxyl groups is 1. The molecule has 4 heteroatoms. The molecule has 1 fully saturated rings. The summed E-state index contributed by atoms with van der Waals surface area (Å²) < 4.78 is 18.7. The fourth-order valence-electron chi connectivity index (χ4n) is 3.32. The lowest BCUT2D eigenvalue weighted by Gasteiger charge is -2.38. The smallest absolute Gasteiger partial charge is 0.123 e. The van der Waals surface area contributed by atoms with Crippen molar-refractivity contribution in [3.8, 4) is 0 Å². The third kappa shape index (κ3) is 3.83. The Kier molecular flexibility index (Phi) is 5.29. The first-order chi connectivity index (χ1) is 11.6. The number of benzene rings is 2. The highest BCUT2D eigenvalue weighted by molar-refractivity contribution is 5.31. The summed E-state index contributed by atoms with van der Waals surface area (Å²) in [5.74, 6) is -0.402. The summed E-state index contributed by atoms with van der Waals surface area (Å²) in [6.07, 6.45) is 0. The first kappa shape index (κ1) is 17.1. The van der Waals surface area contributed by atoms with Crippen molar-refractivity contribution in [2.24, 2.45) is 0 Å². The van der Waals surface area contributed by atoms with Crippen LogP contribution in [0.15, 0.2) is 54.6 Å². The first-order valence-electron chi connectivity index (χ1n) is 8.41. The van der Waals surface area contributed by atoms with Crippen molar-refractivity contribution in [1.29, 1.82) is 0 Å². The predicted molar refractivity (Wildman–Crippen MR) is 92.4 cm³/mol. The van der Waals surface area contributed by atoms with Gasteiger partial charge in [0, 0.05) is 25.6 Å². The minimum absolute atomic E-state index is 0.109. The number of ether oxygens (including phenoxy) is 1. The number of nitrogens with zero attached hydrogens (tertiary/aromatic N) is 1. The number of halogens is 1. The maximum atomic E-state index is 13.3. The maximum Gasteiger partial charge on any atom is 0.123 e. The molecule has 1 heterocycles. The summed E-state index contributed by atoms with van der Waals surface area (Å²) in [4.78, 5) is 2.32. The van der Waals surface area contributed by atoms with E-state index in [1.165, 1.54) is 12.1 Å². The molecule has 1 saturated heterocycles. The molecule has 0 bridgehead atoms. The second-order valence-corrected chi connectivity index (χ2v) is 6.53. The van der Waals surface area contributed by atoms with E-state index >= 15 is 0 Å². The molecular weight excluding hydrogens is 305 g/mol. The van der Waals surface area contributed by atoms with Crippen LogP contribution in [0.25, 0.3) is 0 Å². The summed E-state index contributed by atoms with van der Waals surface area (Å²) in [5.41, 5.74) is 0.720. The van der Waals surface area contributed by atoms with Crippen molar-refractivity contribution in [1.82, 2.24) is 4.90 Å². The lowest BCUT2D eigenvalue weighted by Crippen LogP contribution is -2.43.